The lowest BCUT2D eigenvalue weighted by Crippen LogP contribution is -1.89. The van der Waals surface area contributed by atoms with E-state index in [1.54, 1.807) is 6.08 Å². The van der Waals surface area contributed by atoms with Gasteiger partial charge in [0.25, 0.3) is 0 Å². The molecule has 0 fully saturated rings. The Morgan fingerprint density at radius 1 is 1.67 bits per heavy atom. The summed E-state index contributed by atoms with van der Waals surface area (Å²) in [5, 5.41) is 0. The van der Waals surface area contributed by atoms with Crippen molar-refractivity contribution in [2.75, 3.05) is 0 Å². The van der Waals surface area contributed by atoms with Crippen LogP contribution in [0.2, 0.25) is 0 Å². The predicted octanol–water partition coefficient (Wildman–Crippen LogP) is 1.39. The molecule has 0 N–H and O–H groups in total. The number of carbonyl (C=O) groups is 1. The highest BCUT2D eigenvalue weighted by molar-refractivity contribution is 5.86. The number of cyclic esters (lactones) is 1. The second kappa shape index (κ2) is 2.49. The summed E-state index contributed by atoms with van der Waals surface area (Å²) in [6.07, 6.45) is 5.85. The summed E-state index contributed by atoms with van der Waals surface area (Å²) in [5.41, 5.74) is 0. The molecule has 1 aliphatic heterocycles. The van der Waals surface area contributed by atoms with Crippen LogP contribution in [0, 0.1) is 0 Å². The van der Waals surface area contributed by atoms with Crippen molar-refractivity contribution in [2.45, 2.75) is 13.3 Å². The van der Waals surface area contributed by atoms with Crippen molar-refractivity contribution in [1.82, 2.24) is 0 Å². The topological polar surface area (TPSA) is 26.3 Å². The second-order valence-electron chi connectivity index (χ2n) is 1.77. The molecule has 0 amide bonds. The van der Waals surface area contributed by atoms with Gasteiger partial charge in [0.05, 0.1) is 0 Å². The molecule has 2 heteroatoms. The first-order valence-electron chi connectivity index (χ1n) is 2.93. The van der Waals surface area contributed by atoms with Crippen molar-refractivity contribution in [3.05, 3.63) is 24.0 Å². The molecule has 9 heavy (non-hydrogen) atoms. The third kappa shape index (κ3) is 1.42. The van der Waals surface area contributed by atoms with Gasteiger partial charge in [-0.1, -0.05) is 6.92 Å². The maximum Gasteiger partial charge on any atom is 0.336 e. The summed E-state index contributed by atoms with van der Waals surface area (Å²) in [7, 11) is 0. The highest BCUT2D eigenvalue weighted by Crippen LogP contribution is 2.08. The Kier molecular flexibility index (Phi) is 1.68. The summed E-state index contributed by atoms with van der Waals surface area (Å²) in [6, 6.07) is 0. The van der Waals surface area contributed by atoms with Crippen LogP contribution < -0.4 is 0 Å². The Balaban J connectivity index is 2.60. The van der Waals surface area contributed by atoms with Gasteiger partial charge in [0.1, 0.15) is 5.76 Å². The monoisotopic (exact) mass is 124 g/mol. The summed E-state index contributed by atoms with van der Waals surface area (Å²) >= 11 is 0. The van der Waals surface area contributed by atoms with E-state index in [1.165, 1.54) is 6.08 Å². The average molecular weight is 124 g/mol. The summed E-state index contributed by atoms with van der Waals surface area (Å²) in [4.78, 5) is 10.4. The van der Waals surface area contributed by atoms with Crippen LogP contribution in [-0.4, -0.2) is 5.97 Å². The Hall–Kier alpha value is -1.05. The number of hydrogen-bond donors (Lipinski definition) is 0. The number of allylic oxidation sites excluding steroid dienone is 2. The lowest BCUT2D eigenvalue weighted by molar-refractivity contribution is -0.132. The van der Waals surface area contributed by atoms with Gasteiger partial charge in [0.15, 0.2) is 0 Å². The van der Waals surface area contributed by atoms with Crippen molar-refractivity contribution in [3.8, 4) is 0 Å². The summed E-state index contributed by atoms with van der Waals surface area (Å²) in [5.74, 6) is 0.400. The molecule has 1 rings (SSSR count). The first kappa shape index (κ1) is 6.08. The van der Waals surface area contributed by atoms with Gasteiger partial charge >= 0.3 is 5.97 Å². The van der Waals surface area contributed by atoms with Crippen molar-refractivity contribution in [2.24, 2.45) is 0 Å². The van der Waals surface area contributed by atoms with Gasteiger partial charge in [-0.15, -0.1) is 0 Å². The molecule has 0 aromatic heterocycles. The quantitative estimate of drug-likeness (QED) is 0.494. The fourth-order valence-electron chi connectivity index (χ4n) is 0.645. The zero-order chi connectivity index (χ0) is 6.69. The standard InChI is InChI=1S/C7H8O2/c1-2-3-6-4-5-7(8)9-6/h3-5H,2H2,1H3/b6-3+. The molecule has 0 unspecified atom stereocenters. The summed E-state index contributed by atoms with van der Waals surface area (Å²) < 4.78 is 4.71. The van der Waals surface area contributed by atoms with E-state index in [4.69, 9.17) is 4.74 Å². The highest BCUT2D eigenvalue weighted by atomic mass is 16.5. The SMILES string of the molecule is CC/C=C1\C=CC(=O)O1. The number of esters is 1. The Morgan fingerprint density at radius 3 is 2.89 bits per heavy atom. The molecule has 0 bridgehead atoms. The molecule has 0 radical (unpaired) electrons. The number of ether oxygens (including phenoxy) is 1. The van der Waals surface area contributed by atoms with Gasteiger partial charge in [-0.05, 0) is 18.6 Å². The molecule has 48 valence electrons. The van der Waals surface area contributed by atoms with Crippen LogP contribution in [0.3, 0.4) is 0 Å². The molecular weight excluding hydrogens is 116 g/mol. The van der Waals surface area contributed by atoms with Crippen molar-refractivity contribution in [3.63, 3.8) is 0 Å². The van der Waals surface area contributed by atoms with Gasteiger partial charge < -0.3 is 4.74 Å². The van der Waals surface area contributed by atoms with E-state index in [9.17, 15) is 4.79 Å². The van der Waals surface area contributed by atoms with Crippen molar-refractivity contribution < 1.29 is 9.53 Å². The average Bonchev–Trinajstić information content (AvgIpc) is 2.17. The van der Waals surface area contributed by atoms with E-state index in [-0.39, 0.29) is 5.97 Å². The van der Waals surface area contributed by atoms with E-state index in [0.717, 1.165) is 6.42 Å². The van der Waals surface area contributed by atoms with Gasteiger partial charge in [-0.25, -0.2) is 4.79 Å². The smallest absolute Gasteiger partial charge is 0.336 e. The molecule has 0 saturated carbocycles. The molecule has 0 saturated heterocycles. The minimum atomic E-state index is -0.269. The molecule has 0 spiro atoms. The van der Waals surface area contributed by atoms with Crippen LogP contribution in [0.25, 0.3) is 0 Å². The molecule has 0 aromatic rings. The van der Waals surface area contributed by atoms with E-state index >= 15 is 0 Å². The third-order valence-corrected chi connectivity index (χ3v) is 1.01. The van der Waals surface area contributed by atoms with Crippen LogP contribution in [0.15, 0.2) is 24.0 Å². The van der Waals surface area contributed by atoms with Crippen LogP contribution in [0.1, 0.15) is 13.3 Å². The zero-order valence-corrected chi connectivity index (χ0v) is 5.26. The van der Waals surface area contributed by atoms with Crippen molar-refractivity contribution in [1.29, 1.82) is 0 Å². The minimum Gasteiger partial charge on any atom is -0.424 e. The largest absolute Gasteiger partial charge is 0.424 e. The number of rotatable bonds is 1. The van der Waals surface area contributed by atoms with Gasteiger partial charge in [0.2, 0.25) is 0 Å². The van der Waals surface area contributed by atoms with Gasteiger partial charge in [-0.2, -0.15) is 0 Å². The van der Waals surface area contributed by atoms with E-state index in [0.29, 0.717) is 5.76 Å². The van der Waals surface area contributed by atoms with Crippen LogP contribution >= 0.6 is 0 Å². The molecular formula is C7H8O2. The first-order chi connectivity index (χ1) is 4.33. The maximum absolute atomic E-state index is 10.4. The fraction of sp³-hybridized carbons (Fsp3) is 0.286. The lowest BCUT2D eigenvalue weighted by Gasteiger charge is -1.91. The fourth-order valence-corrected chi connectivity index (χ4v) is 0.645. The molecule has 0 atom stereocenters. The Morgan fingerprint density at radius 2 is 2.44 bits per heavy atom. The third-order valence-electron chi connectivity index (χ3n) is 1.01. The second-order valence-corrected chi connectivity index (χ2v) is 1.77. The zero-order valence-electron chi connectivity index (χ0n) is 5.26. The lowest BCUT2D eigenvalue weighted by atomic mass is 10.4. The van der Waals surface area contributed by atoms with E-state index in [1.807, 2.05) is 13.0 Å². The Labute approximate surface area is 53.8 Å². The van der Waals surface area contributed by atoms with Crippen molar-refractivity contribution >= 4 is 5.97 Å². The van der Waals surface area contributed by atoms with Crippen LogP contribution in [0.5, 0.6) is 0 Å². The molecule has 1 heterocycles. The first-order valence-corrected chi connectivity index (χ1v) is 2.93. The minimum absolute atomic E-state index is 0.269. The number of carbonyl (C=O) groups excluding carboxylic acids is 1. The normalized spacial score (nSPS) is 21.0. The van der Waals surface area contributed by atoms with E-state index in [2.05, 4.69) is 0 Å². The Bertz CT molecular complexity index is 177. The highest BCUT2D eigenvalue weighted by Gasteiger charge is 2.06. The maximum atomic E-state index is 10.4. The van der Waals surface area contributed by atoms with Crippen LogP contribution in [-0.2, 0) is 9.53 Å². The molecule has 0 aromatic carbocycles. The predicted molar refractivity (Wildman–Crippen MR) is 33.6 cm³/mol. The van der Waals surface area contributed by atoms with E-state index < -0.39 is 0 Å². The van der Waals surface area contributed by atoms with Gasteiger partial charge in [-0.3, -0.25) is 0 Å². The van der Waals surface area contributed by atoms with Gasteiger partial charge in [0, 0.05) is 6.08 Å². The molecule has 2 nitrogen and oxygen atoms in total. The number of hydrogen-bond acceptors (Lipinski definition) is 2. The molecule has 1 aliphatic rings. The summed E-state index contributed by atoms with van der Waals surface area (Å²) in [6.45, 7) is 1.99. The van der Waals surface area contributed by atoms with Crippen LogP contribution in [0.4, 0.5) is 0 Å². The molecule has 0 aliphatic carbocycles.